The van der Waals surface area contributed by atoms with E-state index in [1.54, 1.807) is 0 Å². The van der Waals surface area contributed by atoms with Gasteiger partial charge in [-0.05, 0) is 173 Å². The van der Waals surface area contributed by atoms with Crippen molar-refractivity contribution in [1.82, 2.24) is 0 Å². The summed E-state index contributed by atoms with van der Waals surface area (Å²) in [4.78, 5) is 4.80. The molecule has 0 amide bonds. The second-order valence-electron chi connectivity index (χ2n) is 23.4. The maximum Gasteiger partial charge on any atom is 0.159 e. The van der Waals surface area contributed by atoms with E-state index in [4.69, 9.17) is 8.83 Å². The summed E-state index contributed by atoms with van der Waals surface area (Å²) < 4.78 is 13.7. The first-order valence-corrected chi connectivity index (χ1v) is 29.2. The van der Waals surface area contributed by atoms with Gasteiger partial charge in [-0.2, -0.15) is 0 Å². The maximum absolute atomic E-state index is 6.85. The third-order valence-corrected chi connectivity index (χ3v) is 18.4. The van der Waals surface area contributed by atoms with Crippen molar-refractivity contribution < 1.29 is 8.83 Å². The fourth-order valence-electron chi connectivity index (χ4n) is 14.6. The van der Waals surface area contributed by atoms with Crippen LogP contribution in [0.25, 0.3) is 98.4 Å². The molecule has 13 aromatic carbocycles. The molecule has 0 N–H and O–H groups in total. The molecule has 0 radical (unpaired) electrons. The molecule has 0 atom stereocenters. The van der Waals surface area contributed by atoms with E-state index in [2.05, 4.69) is 292 Å². The third kappa shape index (κ3) is 6.75. The van der Waals surface area contributed by atoms with E-state index in [1.165, 1.54) is 88.0 Å². The number of fused-ring (bicyclic) bond motifs is 23. The zero-order valence-electron chi connectivity index (χ0n) is 46.6. The highest BCUT2D eigenvalue weighted by molar-refractivity contribution is 6.23. The van der Waals surface area contributed by atoms with Gasteiger partial charge in [-0.15, -0.1) is 0 Å². The lowest BCUT2D eigenvalue weighted by atomic mass is 9.68. The first-order valence-electron chi connectivity index (χ1n) is 29.2. The molecule has 2 aliphatic carbocycles. The normalized spacial score (nSPS) is 13.1. The number of hydrogen-bond acceptors (Lipinski definition) is 4. The van der Waals surface area contributed by atoms with E-state index >= 15 is 0 Å². The van der Waals surface area contributed by atoms with Crippen molar-refractivity contribution in [1.29, 1.82) is 0 Å². The SMILES string of the molecule is CC(C)c1ccc(N(c2ccc3c4c(ccc3c2)-c2c(c3ccc(N(c5ccc(C(C)C)cc5)c5cccc6c5oc5ccccc56)cc3c3ccccc23)C42c3ccccc3-c3ccccc32)c2cccc3c2oc2ccccc23)cc1. The second-order valence-corrected chi connectivity index (χ2v) is 23.4. The second kappa shape index (κ2) is 17.9. The van der Waals surface area contributed by atoms with E-state index in [0.717, 1.165) is 78.0 Å². The number of anilines is 6. The molecule has 2 aromatic heterocycles. The Kier molecular flexibility index (Phi) is 10.3. The summed E-state index contributed by atoms with van der Waals surface area (Å²) in [6.07, 6.45) is 0. The summed E-state index contributed by atoms with van der Waals surface area (Å²) in [6, 6.07) is 94.8. The first-order chi connectivity index (χ1) is 40.8. The molecule has 15 aromatic rings. The molecule has 4 heteroatoms. The maximum atomic E-state index is 6.85. The molecule has 0 bridgehead atoms. The van der Waals surface area contributed by atoms with E-state index < -0.39 is 5.41 Å². The van der Waals surface area contributed by atoms with E-state index in [1.807, 2.05) is 0 Å². The number of furan rings is 2. The number of hydrogen-bond donors (Lipinski definition) is 0. The van der Waals surface area contributed by atoms with Gasteiger partial charge in [0.1, 0.15) is 11.2 Å². The van der Waals surface area contributed by atoms with Crippen LogP contribution in [0.1, 0.15) is 72.9 Å². The Hall–Kier alpha value is -10.2. The van der Waals surface area contributed by atoms with Crippen LogP contribution in [-0.2, 0) is 5.41 Å². The van der Waals surface area contributed by atoms with Crippen molar-refractivity contribution in [2.24, 2.45) is 0 Å². The average molecular weight is 1070 g/mol. The van der Waals surface area contributed by atoms with Crippen LogP contribution in [0.4, 0.5) is 34.1 Å². The Morgan fingerprint density at radius 3 is 1.33 bits per heavy atom. The summed E-state index contributed by atoms with van der Waals surface area (Å²) in [7, 11) is 0. The van der Waals surface area contributed by atoms with Crippen LogP contribution >= 0.6 is 0 Å². The largest absolute Gasteiger partial charge is 0.454 e. The van der Waals surface area contributed by atoms with Gasteiger partial charge in [-0.1, -0.05) is 210 Å². The van der Waals surface area contributed by atoms with Crippen LogP contribution in [0, 0.1) is 0 Å². The van der Waals surface area contributed by atoms with E-state index in [-0.39, 0.29) is 0 Å². The Morgan fingerprint density at radius 2 is 0.771 bits per heavy atom. The molecule has 17 rings (SSSR count). The molecule has 394 valence electrons. The molecule has 2 aliphatic rings. The Balaban J connectivity index is 0.929. The van der Waals surface area contributed by atoms with Crippen molar-refractivity contribution in [2.75, 3.05) is 9.80 Å². The lowest BCUT2D eigenvalue weighted by Crippen LogP contribution is -2.26. The molecule has 4 nitrogen and oxygen atoms in total. The summed E-state index contributed by atoms with van der Waals surface area (Å²) in [6.45, 7) is 9.03. The quantitative estimate of drug-likeness (QED) is 0.142. The highest BCUT2D eigenvalue weighted by atomic mass is 16.3. The van der Waals surface area contributed by atoms with E-state index in [0.29, 0.717) is 11.8 Å². The Labute approximate surface area is 481 Å². The predicted molar refractivity (Wildman–Crippen MR) is 347 cm³/mol. The minimum Gasteiger partial charge on any atom is -0.454 e. The number of benzene rings is 13. The highest BCUT2D eigenvalue weighted by Crippen LogP contribution is 2.67. The molecule has 0 saturated heterocycles. The number of para-hydroxylation sites is 4. The lowest BCUT2D eigenvalue weighted by Gasteiger charge is -2.33. The third-order valence-electron chi connectivity index (χ3n) is 18.4. The summed E-state index contributed by atoms with van der Waals surface area (Å²) in [5.74, 6) is 0.807. The van der Waals surface area contributed by atoms with E-state index in [9.17, 15) is 0 Å². The van der Waals surface area contributed by atoms with Gasteiger partial charge in [0.2, 0.25) is 0 Å². The smallest absolute Gasteiger partial charge is 0.159 e. The van der Waals surface area contributed by atoms with Crippen molar-refractivity contribution in [3.63, 3.8) is 0 Å². The monoisotopic (exact) mass is 1060 g/mol. The van der Waals surface area contributed by atoms with Gasteiger partial charge in [-0.3, -0.25) is 0 Å². The zero-order valence-corrected chi connectivity index (χ0v) is 46.6. The standard InChI is InChI=1S/C79H56N2O2/c1-47(2)49-31-36-52(37-32-49)80(70-27-15-23-64-60-20-9-13-29-72(60)82-77(64)70)54-40-43-56-51(45-54)35-42-66-74-62-22-6-5-17-57(62)67-46-55(41-44-63(67)76(74)79(75(56)66)68-25-11-7-18-58(68)59-19-8-12-26-69(59)79)81(53-38-33-50(34-39-53)48(3)4)71-28-16-24-65-61-21-10-14-30-73(61)83-78(65)71/h5-48H,1-4H3. The first kappa shape index (κ1) is 47.6. The van der Waals surface area contributed by atoms with Gasteiger partial charge in [0.15, 0.2) is 11.2 Å². The minimum absolute atomic E-state index is 0.401. The van der Waals surface area contributed by atoms with Crippen molar-refractivity contribution >= 4 is 110 Å². The average Bonchev–Trinajstić information content (AvgIpc) is 1.54. The molecule has 2 heterocycles. The van der Waals surface area contributed by atoms with Crippen molar-refractivity contribution in [2.45, 2.75) is 44.9 Å². The lowest BCUT2D eigenvalue weighted by molar-refractivity contribution is 0.668. The molecule has 83 heavy (non-hydrogen) atoms. The van der Waals surface area contributed by atoms with Crippen LogP contribution in [0.3, 0.4) is 0 Å². The Morgan fingerprint density at radius 1 is 0.313 bits per heavy atom. The highest BCUT2D eigenvalue weighted by Gasteiger charge is 2.54. The van der Waals surface area contributed by atoms with Crippen LogP contribution < -0.4 is 9.80 Å². The molecule has 1 spiro atoms. The number of nitrogens with zero attached hydrogens (tertiary/aromatic N) is 2. The number of rotatable bonds is 8. The van der Waals surface area contributed by atoms with Gasteiger partial charge < -0.3 is 18.6 Å². The van der Waals surface area contributed by atoms with Crippen molar-refractivity contribution in [3.8, 4) is 22.3 Å². The molecule has 0 fully saturated rings. The van der Waals surface area contributed by atoms with Crippen LogP contribution in [0.15, 0.2) is 264 Å². The molecule has 0 aliphatic heterocycles. The Bertz CT molecular complexity index is 5130. The van der Waals surface area contributed by atoms with Crippen LogP contribution in [0.2, 0.25) is 0 Å². The molecular formula is C79H56N2O2. The summed E-state index contributed by atoms with van der Waals surface area (Å²) in [5.41, 5.74) is 22.1. The fraction of sp³-hybridized carbons (Fsp3) is 0.0886. The van der Waals surface area contributed by atoms with Crippen LogP contribution in [-0.4, -0.2) is 0 Å². The van der Waals surface area contributed by atoms with Crippen LogP contribution in [0.5, 0.6) is 0 Å². The van der Waals surface area contributed by atoms with Gasteiger partial charge in [0, 0.05) is 44.3 Å². The van der Waals surface area contributed by atoms with Gasteiger partial charge in [0.25, 0.3) is 0 Å². The zero-order chi connectivity index (χ0) is 55.2. The predicted octanol–water partition coefficient (Wildman–Crippen LogP) is 22.5. The summed E-state index contributed by atoms with van der Waals surface area (Å²) >= 11 is 0. The van der Waals surface area contributed by atoms with Gasteiger partial charge in [0.05, 0.1) is 16.8 Å². The topological polar surface area (TPSA) is 32.8 Å². The molecular weight excluding hydrogens is 1010 g/mol. The minimum atomic E-state index is -0.666. The summed E-state index contributed by atoms with van der Waals surface area (Å²) in [5, 5.41) is 11.7. The fourth-order valence-corrected chi connectivity index (χ4v) is 14.6. The molecule has 0 unspecified atom stereocenters. The molecule has 0 saturated carbocycles. The van der Waals surface area contributed by atoms with Gasteiger partial charge in [-0.25, -0.2) is 0 Å². The van der Waals surface area contributed by atoms with Crippen molar-refractivity contribution in [3.05, 3.63) is 288 Å². The van der Waals surface area contributed by atoms with Gasteiger partial charge >= 0.3 is 0 Å².